The van der Waals surface area contributed by atoms with Gasteiger partial charge in [0, 0.05) is 12.2 Å². The fourth-order valence-electron chi connectivity index (χ4n) is 1.58. The summed E-state index contributed by atoms with van der Waals surface area (Å²) < 4.78 is 5.72. The molecular formula is C15H17NOS. The lowest BCUT2D eigenvalue weighted by atomic mass is 10.3. The molecule has 0 spiro atoms. The highest BCUT2D eigenvalue weighted by molar-refractivity contribution is 7.80. The van der Waals surface area contributed by atoms with Crippen LogP contribution in [0.5, 0.6) is 11.5 Å². The van der Waals surface area contributed by atoms with Gasteiger partial charge in [0.15, 0.2) is 0 Å². The number of rotatable bonds is 6. The molecule has 2 aromatic rings. The van der Waals surface area contributed by atoms with Crippen molar-refractivity contribution >= 4 is 18.3 Å². The second-order valence-electron chi connectivity index (χ2n) is 3.94. The normalized spacial score (nSPS) is 10.1. The van der Waals surface area contributed by atoms with E-state index in [0.717, 1.165) is 35.9 Å². The number of para-hydroxylation sites is 1. The first-order valence-corrected chi connectivity index (χ1v) is 6.69. The Morgan fingerprint density at radius 3 is 2.22 bits per heavy atom. The van der Waals surface area contributed by atoms with Gasteiger partial charge in [-0.25, -0.2) is 0 Å². The summed E-state index contributed by atoms with van der Waals surface area (Å²) in [6, 6.07) is 17.8. The van der Waals surface area contributed by atoms with Crippen LogP contribution in [-0.4, -0.2) is 12.3 Å². The Morgan fingerprint density at radius 2 is 1.56 bits per heavy atom. The quantitative estimate of drug-likeness (QED) is 0.599. The summed E-state index contributed by atoms with van der Waals surface area (Å²) in [7, 11) is 0. The summed E-state index contributed by atoms with van der Waals surface area (Å²) in [4.78, 5) is 0. The van der Waals surface area contributed by atoms with Gasteiger partial charge in [-0.3, -0.25) is 0 Å². The molecule has 2 nitrogen and oxygen atoms in total. The lowest BCUT2D eigenvalue weighted by molar-refractivity contribution is 0.483. The third-order valence-corrected chi connectivity index (χ3v) is 2.81. The van der Waals surface area contributed by atoms with Crippen LogP contribution in [0.15, 0.2) is 54.6 Å². The maximum absolute atomic E-state index is 5.72. The molecule has 1 N–H and O–H groups in total. The Hall–Kier alpha value is -1.61. The van der Waals surface area contributed by atoms with Crippen LogP contribution in [0, 0.1) is 0 Å². The van der Waals surface area contributed by atoms with Gasteiger partial charge in [0.2, 0.25) is 0 Å². The first-order chi connectivity index (χ1) is 8.88. The van der Waals surface area contributed by atoms with Gasteiger partial charge < -0.3 is 10.1 Å². The van der Waals surface area contributed by atoms with Gasteiger partial charge in [0.05, 0.1) is 0 Å². The number of hydrogen-bond acceptors (Lipinski definition) is 3. The molecule has 0 aliphatic heterocycles. The molecule has 2 aromatic carbocycles. The molecule has 0 aliphatic rings. The van der Waals surface area contributed by atoms with Crippen molar-refractivity contribution in [2.75, 3.05) is 17.6 Å². The number of nitrogens with one attached hydrogen (secondary N) is 1. The fraction of sp³-hybridized carbons (Fsp3) is 0.200. The van der Waals surface area contributed by atoms with Gasteiger partial charge >= 0.3 is 0 Å². The van der Waals surface area contributed by atoms with Gasteiger partial charge in [-0.1, -0.05) is 18.2 Å². The van der Waals surface area contributed by atoms with Crippen LogP contribution < -0.4 is 10.1 Å². The Morgan fingerprint density at radius 1 is 0.889 bits per heavy atom. The highest BCUT2D eigenvalue weighted by Crippen LogP contribution is 2.22. The summed E-state index contributed by atoms with van der Waals surface area (Å²) >= 11 is 4.18. The fourth-order valence-corrected chi connectivity index (χ4v) is 1.74. The van der Waals surface area contributed by atoms with Crippen LogP contribution in [0.3, 0.4) is 0 Å². The minimum Gasteiger partial charge on any atom is -0.457 e. The molecule has 0 saturated heterocycles. The summed E-state index contributed by atoms with van der Waals surface area (Å²) in [6.45, 7) is 0.947. The molecule has 0 unspecified atom stereocenters. The maximum atomic E-state index is 5.72. The van der Waals surface area contributed by atoms with Crippen LogP contribution in [0.25, 0.3) is 0 Å². The number of anilines is 1. The topological polar surface area (TPSA) is 21.3 Å². The number of thiol groups is 1. The third-order valence-electron chi connectivity index (χ3n) is 2.50. The van der Waals surface area contributed by atoms with Crippen molar-refractivity contribution in [1.82, 2.24) is 0 Å². The molecule has 0 radical (unpaired) electrons. The van der Waals surface area contributed by atoms with Crippen LogP contribution in [-0.2, 0) is 0 Å². The number of hydrogen-bond donors (Lipinski definition) is 2. The summed E-state index contributed by atoms with van der Waals surface area (Å²) in [6.07, 6.45) is 1.06. The van der Waals surface area contributed by atoms with Gasteiger partial charge in [0.25, 0.3) is 0 Å². The Labute approximate surface area is 113 Å². The maximum Gasteiger partial charge on any atom is 0.127 e. The zero-order valence-electron chi connectivity index (χ0n) is 10.2. The van der Waals surface area contributed by atoms with E-state index >= 15 is 0 Å². The third kappa shape index (κ3) is 4.00. The molecule has 94 valence electrons. The molecule has 0 heterocycles. The van der Waals surface area contributed by atoms with Crippen LogP contribution in [0.2, 0.25) is 0 Å². The molecule has 0 aromatic heterocycles. The Bertz CT molecular complexity index is 456. The minimum atomic E-state index is 0.848. The summed E-state index contributed by atoms with van der Waals surface area (Å²) in [5.74, 6) is 2.61. The average molecular weight is 259 g/mol. The molecule has 0 aliphatic carbocycles. The van der Waals surface area contributed by atoms with Crippen molar-refractivity contribution in [3.63, 3.8) is 0 Å². The highest BCUT2D eigenvalue weighted by Gasteiger charge is 1.96. The van der Waals surface area contributed by atoms with E-state index < -0.39 is 0 Å². The molecule has 18 heavy (non-hydrogen) atoms. The lowest BCUT2D eigenvalue weighted by Gasteiger charge is -2.08. The van der Waals surface area contributed by atoms with Crippen LogP contribution in [0.1, 0.15) is 6.42 Å². The summed E-state index contributed by atoms with van der Waals surface area (Å²) in [5.41, 5.74) is 1.11. The van der Waals surface area contributed by atoms with E-state index in [1.165, 1.54) is 0 Å². The number of ether oxygens (including phenoxy) is 1. The second kappa shape index (κ2) is 6.97. The summed E-state index contributed by atoms with van der Waals surface area (Å²) in [5, 5.41) is 3.33. The smallest absolute Gasteiger partial charge is 0.127 e. The van der Waals surface area contributed by atoms with E-state index in [2.05, 4.69) is 17.9 Å². The van der Waals surface area contributed by atoms with E-state index in [4.69, 9.17) is 4.74 Å². The minimum absolute atomic E-state index is 0.848. The molecule has 0 saturated carbocycles. The van der Waals surface area contributed by atoms with Crippen molar-refractivity contribution in [2.24, 2.45) is 0 Å². The van der Waals surface area contributed by atoms with Crippen LogP contribution >= 0.6 is 12.6 Å². The molecule has 0 bridgehead atoms. The molecule has 2 rings (SSSR count). The first kappa shape index (κ1) is 12.8. The molecule has 0 amide bonds. The van der Waals surface area contributed by atoms with Crippen molar-refractivity contribution in [3.8, 4) is 11.5 Å². The monoisotopic (exact) mass is 259 g/mol. The predicted octanol–water partition coefficient (Wildman–Crippen LogP) is 4.21. The molecule has 3 heteroatoms. The van der Waals surface area contributed by atoms with Crippen molar-refractivity contribution in [2.45, 2.75) is 6.42 Å². The van der Waals surface area contributed by atoms with E-state index in [0.29, 0.717) is 0 Å². The van der Waals surface area contributed by atoms with Gasteiger partial charge in [0.1, 0.15) is 11.5 Å². The van der Waals surface area contributed by atoms with Crippen LogP contribution in [0.4, 0.5) is 5.69 Å². The SMILES string of the molecule is SCCCNc1ccc(Oc2ccccc2)cc1. The van der Waals surface area contributed by atoms with E-state index in [1.807, 2.05) is 54.6 Å². The van der Waals surface area contributed by atoms with Crippen molar-refractivity contribution < 1.29 is 4.74 Å². The molecular weight excluding hydrogens is 242 g/mol. The average Bonchev–Trinajstić information content (AvgIpc) is 2.42. The van der Waals surface area contributed by atoms with Crippen molar-refractivity contribution in [3.05, 3.63) is 54.6 Å². The predicted molar refractivity (Wildman–Crippen MR) is 79.9 cm³/mol. The Kier molecular flexibility index (Phi) is 4.97. The number of benzene rings is 2. The van der Waals surface area contributed by atoms with Gasteiger partial charge in [-0.15, -0.1) is 0 Å². The van der Waals surface area contributed by atoms with Gasteiger partial charge in [-0.2, -0.15) is 12.6 Å². The molecule has 0 fully saturated rings. The zero-order valence-corrected chi connectivity index (χ0v) is 11.1. The standard InChI is InChI=1S/C15H17NOS/c18-12-4-11-16-13-7-9-15(10-8-13)17-14-5-2-1-3-6-14/h1-3,5-10,16,18H,4,11-12H2. The van der Waals surface area contributed by atoms with E-state index in [9.17, 15) is 0 Å². The van der Waals surface area contributed by atoms with Gasteiger partial charge in [-0.05, 0) is 48.6 Å². The molecule has 0 atom stereocenters. The van der Waals surface area contributed by atoms with E-state index in [1.54, 1.807) is 0 Å². The van der Waals surface area contributed by atoms with Crippen molar-refractivity contribution in [1.29, 1.82) is 0 Å². The second-order valence-corrected chi connectivity index (χ2v) is 4.39. The van der Waals surface area contributed by atoms with E-state index in [-0.39, 0.29) is 0 Å². The largest absolute Gasteiger partial charge is 0.457 e. The highest BCUT2D eigenvalue weighted by atomic mass is 32.1. The first-order valence-electron chi connectivity index (χ1n) is 6.06. The lowest BCUT2D eigenvalue weighted by Crippen LogP contribution is -2.01. The zero-order chi connectivity index (χ0) is 12.6. The Balaban J connectivity index is 1.91.